The van der Waals surface area contributed by atoms with Gasteiger partial charge in [0.15, 0.2) is 4.90 Å². The minimum Gasteiger partial charge on any atom is -0.477 e. The number of thiophene rings is 1. The average molecular weight is 196 g/mol. The Bertz CT molecular complexity index is 522. The maximum absolute atomic E-state index is 11.0. The highest BCUT2D eigenvalue weighted by Crippen LogP contribution is 2.19. The molecule has 0 amide bonds. The van der Waals surface area contributed by atoms with Crippen LogP contribution in [0.4, 0.5) is 0 Å². The Morgan fingerprint density at radius 1 is 1.54 bits per heavy atom. The van der Waals surface area contributed by atoms with Crippen LogP contribution in [-0.4, -0.2) is 11.1 Å². The number of fused-ring (bicyclic) bond motifs is 1. The van der Waals surface area contributed by atoms with Gasteiger partial charge >= 0.3 is 11.6 Å². The average Bonchev–Trinajstić information content (AvgIpc) is 2.48. The van der Waals surface area contributed by atoms with Gasteiger partial charge in [-0.3, -0.25) is 0 Å². The summed E-state index contributed by atoms with van der Waals surface area (Å²) >= 11 is 1.26. The van der Waals surface area contributed by atoms with Crippen molar-refractivity contribution in [2.75, 3.05) is 0 Å². The fraction of sp³-hybridized carbons (Fsp3) is 0. The van der Waals surface area contributed by atoms with E-state index in [1.54, 1.807) is 11.4 Å². The van der Waals surface area contributed by atoms with Crippen molar-refractivity contribution in [1.29, 1.82) is 0 Å². The summed E-state index contributed by atoms with van der Waals surface area (Å²) in [5, 5.41) is 11.0. The van der Waals surface area contributed by atoms with Gasteiger partial charge in [0.25, 0.3) is 0 Å². The van der Waals surface area contributed by atoms with Crippen LogP contribution >= 0.6 is 11.3 Å². The van der Waals surface area contributed by atoms with E-state index < -0.39 is 11.6 Å². The summed E-state index contributed by atoms with van der Waals surface area (Å²) in [6.45, 7) is 0. The zero-order valence-corrected chi connectivity index (χ0v) is 7.13. The van der Waals surface area contributed by atoms with Crippen LogP contribution in [0.25, 0.3) is 10.3 Å². The minimum atomic E-state index is -1.26. The van der Waals surface area contributed by atoms with Crippen molar-refractivity contribution < 1.29 is 14.3 Å². The Kier molecular flexibility index (Phi) is 1.66. The number of aromatic carboxylic acids is 1. The van der Waals surface area contributed by atoms with Crippen molar-refractivity contribution in [3.8, 4) is 0 Å². The van der Waals surface area contributed by atoms with Gasteiger partial charge in [-0.25, -0.2) is 9.59 Å². The molecule has 13 heavy (non-hydrogen) atoms. The molecule has 0 saturated heterocycles. The molecule has 0 aromatic carbocycles. The van der Waals surface area contributed by atoms with E-state index in [1.807, 2.05) is 0 Å². The molecule has 2 heterocycles. The summed E-state index contributed by atoms with van der Waals surface area (Å²) in [5.74, 6) is -1.26. The molecule has 0 unspecified atom stereocenters. The summed E-state index contributed by atoms with van der Waals surface area (Å²) in [7, 11) is 0. The summed E-state index contributed by atoms with van der Waals surface area (Å²) in [6, 6.07) is 3.02. The van der Waals surface area contributed by atoms with Crippen LogP contribution in [0.2, 0.25) is 0 Å². The lowest BCUT2D eigenvalue weighted by Crippen LogP contribution is -2.12. The van der Waals surface area contributed by atoms with Crippen LogP contribution < -0.4 is 5.63 Å². The van der Waals surface area contributed by atoms with Crippen LogP contribution in [-0.2, 0) is 0 Å². The van der Waals surface area contributed by atoms with Crippen LogP contribution in [0.5, 0.6) is 0 Å². The normalized spacial score (nSPS) is 10.5. The van der Waals surface area contributed by atoms with E-state index in [-0.39, 0.29) is 5.56 Å². The predicted octanol–water partition coefficient (Wildman–Crippen LogP) is 1.55. The van der Waals surface area contributed by atoms with Crippen LogP contribution in [0.3, 0.4) is 0 Å². The van der Waals surface area contributed by atoms with Crippen LogP contribution in [0, 0.1) is 0 Å². The van der Waals surface area contributed by atoms with Crippen molar-refractivity contribution >= 4 is 27.6 Å². The molecule has 0 fully saturated rings. The molecule has 0 radical (unpaired) electrons. The topological polar surface area (TPSA) is 67.5 Å². The number of carbonyl (C=O) groups is 1. The lowest BCUT2D eigenvalue weighted by Gasteiger charge is -1.91. The Morgan fingerprint density at radius 3 is 3.00 bits per heavy atom. The van der Waals surface area contributed by atoms with Gasteiger partial charge in [0.1, 0.15) is 5.56 Å². The third kappa shape index (κ3) is 1.23. The number of hydrogen-bond acceptors (Lipinski definition) is 4. The third-order valence-electron chi connectivity index (χ3n) is 1.59. The van der Waals surface area contributed by atoms with Crippen molar-refractivity contribution in [3.63, 3.8) is 0 Å². The molecule has 0 aliphatic rings. The van der Waals surface area contributed by atoms with Crippen molar-refractivity contribution in [3.05, 3.63) is 33.5 Å². The molecule has 5 heteroatoms. The fourth-order valence-corrected chi connectivity index (χ4v) is 1.72. The zero-order chi connectivity index (χ0) is 9.42. The van der Waals surface area contributed by atoms with Gasteiger partial charge in [0, 0.05) is 5.39 Å². The maximum Gasteiger partial charge on any atom is 0.351 e. The van der Waals surface area contributed by atoms with Crippen molar-refractivity contribution in [2.24, 2.45) is 0 Å². The molecule has 2 rings (SSSR count). The minimum absolute atomic E-state index is 0.328. The monoisotopic (exact) mass is 196 g/mol. The van der Waals surface area contributed by atoms with Gasteiger partial charge < -0.3 is 9.52 Å². The molecule has 1 N–H and O–H groups in total. The molecule has 0 saturated carbocycles. The molecule has 2 aromatic rings. The van der Waals surface area contributed by atoms with E-state index in [1.165, 1.54) is 17.4 Å². The van der Waals surface area contributed by atoms with Crippen LogP contribution in [0.1, 0.15) is 10.4 Å². The number of hydrogen-bond donors (Lipinski definition) is 1. The zero-order valence-electron chi connectivity index (χ0n) is 6.31. The van der Waals surface area contributed by atoms with E-state index in [0.29, 0.717) is 10.3 Å². The Morgan fingerprint density at radius 2 is 2.31 bits per heavy atom. The Hall–Kier alpha value is -1.62. The fourth-order valence-electron chi connectivity index (χ4n) is 0.998. The standard InChI is InChI=1S/C8H4O4S/c9-6(10)5-3-4-1-2-13-8(4)12-7(5)11/h1-3H,(H,9,10). The molecular weight excluding hydrogens is 192 g/mol. The molecule has 0 spiro atoms. The first-order valence-corrected chi connectivity index (χ1v) is 4.31. The quantitative estimate of drug-likeness (QED) is 0.751. The highest BCUT2D eigenvalue weighted by atomic mass is 32.1. The lowest BCUT2D eigenvalue weighted by atomic mass is 10.2. The molecule has 0 atom stereocenters. The van der Waals surface area contributed by atoms with E-state index >= 15 is 0 Å². The second kappa shape index (κ2) is 2.70. The molecule has 0 aliphatic heterocycles. The van der Waals surface area contributed by atoms with Crippen LogP contribution in [0.15, 0.2) is 26.7 Å². The second-order valence-corrected chi connectivity index (χ2v) is 3.29. The number of carboxylic acids is 1. The van der Waals surface area contributed by atoms with Gasteiger partial charge in [-0.05, 0) is 17.5 Å². The molecule has 0 bridgehead atoms. The Balaban J connectivity index is 2.84. The maximum atomic E-state index is 11.0. The van der Waals surface area contributed by atoms with Gasteiger partial charge in [-0.2, -0.15) is 0 Å². The SMILES string of the molecule is O=C(O)c1cc2ccsc2oc1=O. The molecule has 4 nitrogen and oxygen atoms in total. The van der Waals surface area contributed by atoms with Gasteiger partial charge in [0.2, 0.25) is 0 Å². The second-order valence-electron chi connectivity index (χ2n) is 2.42. The van der Waals surface area contributed by atoms with Crippen molar-refractivity contribution in [1.82, 2.24) is 0 Å². The lowest BCUT2D eigenvalue weighted by molar-refractivity contribution is 0.0692. The molecule has 0 aliphatic carbocycles. The summed E-state index contributed by atoms with van der Waals surface area (Å²) in [5.41, 5.74) is -1.13. The summed E-state index contributed by atoms with van der Waals surface area (Å²) in [4.78, 5) is 22.0. The number of carboxylic acid groups (broad SMARTS) is 1. The largest absolute Gasteiger partial charge is 0.477 e. The first kappa shape index (κ1) is 8.00. The van der Waals surface area contributed by atoms with Gasteiger partial charge in [-0.1, -0.05) is 0 Å². The van der Waals surface area contributed by atoms with E-state index in [4.69, 9.17) is 9.52 Å². The smallest absolute Gasteiger partial charge is 0.351 e. The van der Waals surface area contributed by atoms with Crippen molar-refractivity contribution in [2.45, 2.75) is 0 Å². The molecular formula is C8H4O4S. The predicted molar refractivity (Wildman–Crippen MR) is 47.3 cm³/mol. The first-order valence-electron chi connectivity index (χ1n) is 3.43. The summed E-state index contributed by atoms with van der Waals surface area (Å²) in [6.07, 6.45) is 0. The van der Waals surface area contributed by atoms with E-state index in [2.05, 4.69) is 0 Å². The number of rotatable bonds is 1. The van der Waals surface area contributed by atoms with Gasteiger partial charge in [-0.15, -0.1) is 11.3 Å². The molecule has 2 aromatic heterocycles. The van der Waals surface area contributed by atoms with E-state index in [9.17, 15) is 9.59 Å². The van der Waals surface area contributed by atoms with E-state index in [0.717, 1.165) is 0 Å². The summed E-state index contributed by atoms with van der Waals surface area (Å²) < 4.78 is 4.78. The first-order chi connectivity index (χ1) is 6.18. The third-order valence-corrected chi connectivity index (χ3v) is 2.40. The highest BCUT2D eigenvalue weighted by Gasteiger charge is 2.11. The van der Waals surface area contributed by atoms with Gasteiger partial charge in [0.05, 0.1) is 0 Å². The molecule has 66 valence electrons. The Labute approximate surface area is 76.0 Å². The highest BCUT2D eigenvalue weighted by molar-refractivity contribution is 7.16.